The maximum Gasteiger partial charge on any atom is 0.0494 e. The third kappa shape index (κ3) is 17.7. The van der Waals surface area contributed by atoms with Crippen LogP contribution in [0, 0.1) is 0 Å². The summed E-state index contributed by atoms with van der Waals surface area (Å²) in [4.78, 5) is 13.3. The Hall–Kier alpha value is -2.55. The van der Waals surface area contributed by atoms with Crippen molar-refractivity contribution in [2.45, 2.75) is 199 Å². The van der Waals surface area contributed by atoms with E-state index in [-0.39, 0.29) is 32.5 Å². The summed E-state index contributed by atoms with van der Waals surface area (Å²) >= 11 is 0. The van der Waals surface area contributed by atoms with E-state index in [1.165, 1.54) is 33.6 Å². The predicted molar refractivity (Wildman–Crippen MR) is 219 cm³/mol. The first-order valence-corrected chi connectivity index (χ1v) is 18.6. The fourth-order valence-corrected chi connectivity index (χ4v) is 4.86. The van der Waals surface area contributed by atoms with Crippen molar-refractivity contribution in [3.05, 3.63) is 88.8 Å². The van der Waals surface area contributed by atoms with Crippen LogP contribution in [-0.4, -0.2) is 15.0 Å². The molecule has 48 heavy (non-hydrogen) atoms. The number of pyridine rings is 3. The molecule has 276 valence electrons. The molecule has 0 aliphatic rings. The quantitative estimate of drug-likeness (QED) is 0.240. The topological polar surface area (TPSA) is 38.7 Å². The summed E-state index contributed by atoms with van der Waals surface area (Å²) in [5, 5.41) is 0. The first kappa shape index (κ1) is 49.8. The van der Waals surface area contributed by atoms with Crippen LogP contribution in [0.2, 0.25) is 0 Å². The maximum absolute atomic E-state index is 4.52. The molecule has 0 saturated carbocycles. The lowest BCUT2D eigenvalue weighted by atomic mass is 9.76. The standard InChI is InChI=1S/3C13H21N.3C2H6/c1-12(2,3)10-7-8-14-9-11(10)13(4,5)6;2*1-12(2,3)10-8-7-9-14-11(10)13(4,5)6;3*1-2/h3*7-9H,1-6H3;3*1-2H3. The summed E-state index contributed by atoms with van der Waals surface area (Å²) in [5.41, 5.74) is 8.89. The lowest BCUT2D eigenvalue weighted by Crippen LogP contribution is -2.23. The Morgan fingerprint density at radius 2 is 0.625 bits per heavy atom. The number of aromatic nitrogens is 3. The molecule has 0 spiro atoms. The zero-order valence-electron chi connectivity index (χ0n) is 36.5. The molecule has 0 N–H and O–H groups in total. The van der Waals surface area contributed by atoms with Crippen LogP contribution in [0.1, 0.15) is 200 Å². The number of rotatable bonds is 0. The molecule has 0 bridgehead atoms. The average molecular weight is 664 g/mol. The predicted octanol–water partition coefficient (Wildman–Crippen LogP) is 14.1. The van der Waals surface area contributed by atoms with Crippen LogP contribution >= 0.6 is 0 Å². The highest BCUT2D eigenvalue weighted by Gasteiger charge is 2.27. The van der Waals surface area contributed by atoms with E-state index >= 15 is 0 Å². The Labute approximate surface area is 301 Å². The average Bonchev–Trinajstić information content (AvgIpc) is 2.98. The van der Waals surface area contributed by atoms with Gasteiger partial charge in [-0.05, 0) is 62.1 Å². The van der Waals surface area contributed by atoms with E-state index in [4.69, 9.17) is 0 Å². The summed E-state index contributed by atoms with van der Waals surface area (Å²) < 4.78 is 0. The van der Waals surface area contributed by atoms with Crippen molar-refractivity contribution in [2.24, 2.45) is 0 Å². The van der Waals surface area contributed by atoms with E-state index < -0.39 is 0 Å². The van der Waals surface area contributed by atoms with Crippen LogP contribution in [0.4, 0.5) is 0 Å². The zero-order valence-corrected chi connectivity index (χ0v) is 36.5. The third-order valence-corrected chi connectivity index (χ3v) is 7.09. The molecule has 3 nitrogen and oxygen atoms in total. The molecule has 3 aromatic heterocycles. The molecule has 3 heteroatoms. The van der Waals surface area contributed by atoms with Gasteiger partial charge in [0.1, 0.15) is 0 Å². The fourth-order valence-electron chi connectivity index (χ4n) is 4.86. The Kier molecular flexibility index (Phi) is 21.6. The Morgan fingerprint density at radius 1 is 0.333 bits per heavy atom. The lowest BCUT2D eigenvalue weighted by Gasteiger charge is -2.29. The summed E-state index contributed by atoms with van der Waals surface area (Å²) in [5.74, 6) is 0. The van der Waals surface area contributed by atoms with E-state index in [0.29, 0.717) is 0 Å². The largest absolute Gasteiger partial charge is 0.264 e. The second-order valence-electron chi connectivity index (χ2n) is 17.7. The summed E-state index contributed by atoms with van der Waals surface area (Å²) in [6.07, 6.45) is 7.65. The fraction of sp³-hybridized carbons (Fsp3) is 0.667. The molecule has 0 aliphatic carbocycles. The smallest absolute Gasteiger partial charge is 0.0494 e. The monoisotopic (exact) mass is 664 g/mol. The molecular formula is C45H81N3. The second kappa shape index (κ2) is 20.8. The Morgan fingerprint density at radius 3 is 0.833 bits per heavy atom. The molecule has 0 amide bonds. The Bertz CT molecular complexity index is 1000. The van der Waals surface area contributed by atoms with Crippen molar-refractivity contribution in [1.29, 1.82) is 0 Å². The first-order valence-electron chi connectivity index (χ1n) is 18.6. The van der Waals surface area contributed by atoms with Crippen molar-refractivity contribution >= 4 is 0 Å². The molecular weight excluding hydrogens is 583 g/mol. The van der Waals surface area contributed by atoms with Crippen LogP contribution in [0.5, 0.6) is 0 Å². The molecule has 0 radical (unpaired) electrons. The normalized spacial score (nSPS) is 11.8. The minimum Gasteiger partial charge on any atom is -0.264 e. The van der Waals surface area contributed by atoms with Crippen molar-refractivity contribution in [3.63, 3.8) is 0 Å². The second-order valence-corrected chi connectivity index (χ2v) is 17.7. The Balaban J connectivity index is -0.000000585. The van der Waals surface area contributed by atoms with Crippen LogP contribution in [0.25, 0.3) is 0 Å². The number of hydrogen-bond acceptors (Lipinski definition) is 3. The summed E-state index contributed by atoms with van der Waals surface area (Å²) in [6.45, 7) is 52.1. The molecule has 3 heterocycles. The summed E-state index contributed by atoms with van der Waals surface area (Å²) in [6, 6.07) is 10.6. The van der Waals surface area contributed by atoms with Gasteiger partial charge in [-0.3, -0.25) is 15.0 Å². The number of hydrogen-bond donors (Lipinski definition) is 0. The van der Waals surface area contributed by atoms with Crippen LogP contribution in [0.3, 0.4) is 0 Å². The first-order chi connectivity index (χ1) is 21.7. The highest BCUT2D eigenvalue weighted by atomic mass is 14.7. The molecule has 3 rings (SSSR count). The SMILES string of the molecule is CC.CC.CC.CC(C)(C)c1cccnc1C(C)(C)C.CC(C)(C)c1cccnc1C(C)(C)C.CC(C)(C)c1ccncc1C(C)(C)C. The minimum atomic E-state index is 0.129. The molecule has 0 fully saturated rings. The van der Waals surface area contributed by atoms with E-state index in [1.807, 2.05) is 78.5 Å². The van der Waals surface area contributed by atoms with Crippen LogP contribution in [-0.2, 0) is 32.5 Å². The van der Waals surface area contributed by atoms with Gasteiger partial charge in [0.25, 0.3) is 0 Å². The minimum absolute atomic E-state index is 0.129. The van der Waals surface area contributed by atoms with E-state index in [2.05, 4.69) is 158 Å². The summed E-state index contributed by atoms with van der Waals surface area (Å²) in [7, 11) is 0. The van der Waals surface area contributed by atoms with Crippen molar-refractivity contribution in [1.82, 2.24) is 15.0 Å². The van der Waals surface area contributed by atoms with Gasteiger partial charge in [-0.2, -0.15) is 0 Å². The van der Waals surface area contributed by atoms with Gasteiger partial charge in [0.2, 0.25) is 0 Å². The van der Waals surface area contributed by atoms with Gasteiger partial charge < -0.3 is 0 Å². The van der Waals surface area contributed by atoms with Gasteiger partial charge in [-0.1, -0.05) is 178 Å². The van der Waals surface area contributed by atoms with E-state index in [1.54, 1.807) is 0 Å². The van der Waals surface area contributed by atoms with Crippen LogP contribution in [0.15, 0.2) is 55.1 Å². The molecule has 0 unspecified atom stereocenters. The molecule has 0 aliphatic heterocycles. The maximum atomic E-state index is 4.52. The van der Waals surface area contributed by atoms with Gasteiger partial charge in [0, 0.05) is 47.0 Å². The molecule has 3 aromatic rings. The van der Waals surface area contributed by atoms with E-state index in [9.17, 15) is 0 Å². The van der Waals surface area contributed by atoms with Crippen molar-refractivity contribution < 1.29 is 0 Å². The molecule has 0 atom stereocenters. The van der Waals surface area contributed by atoms with E-state index in [0.717, 1.165) is 0 Å². The molecule has 0 aromatic carbocycles. The van der Waals surface area contributed by atoms with Gasteiger partial charge in [0.05, 0.1) is 0 Å². The highest BCUT2D eigenvalue weighted by molar-refractivity contribution is 5.35. The van der Waals surface area contributed by atoms with Crippen LogP contribution < -0.4 is 0 Å². The van der Waals surface area contributed by atoms with Crippen molar-refractivity contribution in [3.8, 4) is 0 Å². The zero-order chi connectivity index (χ0) is 38.9. The third-order valence-electron chi connectivity index (χ3n) is 7.09. The highest BCUT2D eigenvalue weighted by Crippen LogP contribution is 2.34. The van der Waals surface area contributed by atoms with Gasteiger partial charge in [-0.15, -0.1) is 0 Å². The van der Waals surface area contributed by atoms with Crippen molar-refractivity contribution in [2.75, 3.05) is 0 Å². The lowest BCUT2D eigenvalue weighted by molar-refractivity contribution is 0.514. The van der Waals surface area contributed by atoms with Gasteiger partial charge >= 0.3 is 0 Å². The molecule has 0 saturated heterocycles. The van der Waals surface area contributed by atoms with Gasteiger partial charge in [-0.25, -0.2) is 0 Å². The number of nitrogens with zero attached hydrogens (tertiary/aromatic N) is 3. The van der Waals surface area contributed by atoms with Gasteiger partial charge in [0.15, 0.2) is 0 Å².